The molecule has 0 aliphatic carbocycles. The molecule has 1 aliphatic rings. The van der Waals surface area contributed by atoms with Gasteiger partial charge in [-0.3, -0.25) is 0 Å². The van der Waals surface area contributed by atoms with E-state index in [1.54, 1.807) is 4.90 Å². The molecule has 0 spiro atoms. The summed E-state index contributed by atoms with van der Waals surface area (Å²) in [7, 11) is 1.84. The Morgan fingerprint density at radius 1 is 1.46 bits per heavy atom. The highest BCUT2D eigenvalue weighted by molar-refractivity contribution is 5.85. The summed E-state index contributed by atoms with van der Waals surface area (Å²) >= 11 is 0. The average molecular weight is 209 g/mol. The number of hydrogen-bond acceptors (Lipinski definition) is 3. The van der Waals surface area contributed by atoms with Crippen molar-refractivity contribution in [1.29, 1.82) is 0 Å². The van der Waals surface area contributed by atoms with Crippen molar-refractivity contribution in [2.45, 2.75) is 12.8 Å². The Labute approximate surface area is 85.0 Å². The highest BCUT2D eigenvalue weighted by Gasteiger charge is 2.18. The van der Waals surface area contributed by atoms with Gasteiger partial charge in [0.2, 0.25) is 0 Å². The Hall–Kier alpha value is -0.480. The van der Waals surface area contributed by atoms with E-state index in [0.29, 0.717) is 6.61 Å². The van der Waals surface area contributed by atoms with E-state index < -0.39 is 0 Å². The van der Waals surface area contributed by atoms with Gasteiger partial charge < -0.3 is 15.0 Å². The van der Waals surface area contributed by atoms with E-state index in [1.807, 2.05) is 7.05 Å². The lowest BCUT2D eigenvalue weighted by molar-refractivity contribution is 0.112. The molecule has 0 bridgehead atoms. The quantitative estimate of drug-likeness (QED) is 0.700. The van der Waals surface area contributed by atoms with E-state index in [-0.39, 0.29) is 18.5 Å². The van der Waals surface area contributed by atoms with Crippen LogP contribution in [-0.2, 0) is 4.74 Å². The molecule has 0 unspecified atom stereocenters. The van der Waals surface area contributed by atoms with E-state index in [4.69, 9.17) is 4.74 Å². The van der Waals surface area contributed by atoms with Crippen molar-refractivity contribution in [2.75, 3.05) is 33.3 Å². The van der Waals surface area contributed by atoms with Crippen LogP contribution in [0.1, 0.15) is 12.8 Å². The summed E-state index contributed by atoms with van der Waals surface area (Å²) in [6, 6.07) is 0. The largest absolute Gasteiger partial charge is 0.448 e. The molecule has 78 valence electrons. The zero-order chi connectivity index (χ0) is 8.81. The number of likely N-dealkylation sites (N-methyl/N-ethyl adjacent to an activating group) is 1. The van der Waals surface area contributed by atoms with Gasteiger partial charge >= 0.3 is 6.09 Å². The summed E-state index contributed by atoms with van der Waals surface area (Å²) in [5.41, 5.74) is 0. The van der Waals surface area contributed by atoms with Gasteiger partial charge in [0, 0.05) is 19.6 Å². The van der Waals surface area contributed by atoms with Crippen LogP contribution in [0, 0.1) is 0 Å². The lowest BCUT2D eigenvalue weighted by Gasteiger charge is -2.14. The first kappa shape index (κ1) is 12.5. The van der Waals surface area contributed by atoms with Crippen molar-refractivity contribution in [3.8, 4) is 0 Å². The Kier molecular flexibility index (Phi) is 6.72. The fraction of sp³-hybridized carbons (Fsp3) is 0.875. The molecule has 0 atom stereocenters. The van der Waals surface area contributed by atoms with Crippen LogP contribution in [0.3, 0.4) is 0 Å². The number of nitrogens with zero attached hydrogens (tertiary/aromatic N) is 1. The van der Waals surface area contributed by atoms with Gasteiger partial charge in [0.1, 0.15) is 6.61 Å². The Bertz CT molecular complexity index is 149. The van der Waals surface area contributed by atoms with Crippen molar-refractivity contribution in [3.63, 3.8) is 0 Å². The van der Waals surface area contributed by atoms with Crippen LogP contribution >= 0.6 is 12.4 Å². The van der Waals surface area contributed by atoms with Crippen molar-refractivity contribution in [3.05, 3.63) is 0 Å². The van der Waals surface area contributed by atoms with E-state index in [2.05, 4.69) is 5.32 Å². The number of carbonyl (C=O) groups excluding carboxylic acids is 1. The van der Waals surface area contributed by atoms with Gasteiger partial charge in [-0.25, -0.2) is 4.79 Å². The van der Waals surface area contributed by atoms with Crippen LogP contribution in [-0.4, -0.2) is 44.3 Å². The number of amides is 1. The molecule has 5 heteroatoms. The monoisotopic (exact) mass is 208 g/mol. The highest BCUT2D eigenvalue weighted by atomic mass is 35.5. The van der Waals surface area contributed by atoms with Crippen molar-refractivity contribution in [1.82, 2.24) is 10.2 Å². The zero-order valence-corrected chi connectivity index (χ0v) is 8.73. The second-order valence-corrected chi connectivity index (χ2v) is 2.91. The van der Waals surface area contributed by atoms with Crippen LogP contribution in [0.5, 0.6) is 0 Å². The maximum Gasteiger partial charge on any atom is 0.409 e. The Balaban J connectivity index is 0.00000144. The molecule has 1 amide bonds. The first-order chi connectivity index (χ1) is 5.84. The minimum atomic E-state index is -0.164. The van der Waals surface area contributed by atoms with Crippen molar-refractivity contribution >= 4 is 18.5 Å². The number of nitrogens with one attached hydrogen (secondary N) is 1. The summed E-state index contributed by atoms with van der Waals surface area (Å²) in [6.45, 7) is 2.90. The lowest BCUT2D eigenvalue weighted by atomic mass is 10.4. The third-order valence-electron chi connectivity index (χ3n) is 1.94. The third-order valence-corrected chi connectivity index (χ3v) is 1.94. The highest BCUT2D eigenvalue weighted by Crippen LogP contribution is 2.08. The second-order valence-electron chi connectivity index (χ2n) is 2.91. The summed E-state index contributed by atoms with van der Waals surface area (Å²) in [4.78, 5) is 13.0. The molecular formula is C8H17ClN2O2. The molecule has 1 rings (SSSR count). The van der Waals surface area contributed by atoms with E-state index in [0.717, 1.165) is 32.5 Å². The minimum absolute atomic E-state index is 0. The fourth-order valence-corrected chi connectivity index (χ4v) is 1.23. The molecule has 1 heterocycles. The van der Waals surface area contributed by atoms with Crippen LogP contribution in [0.25, 0.3) is 0 Å². The molecular weight excluding hydrogens is 192 g/mol. The zero-order valence-electron chi connectivity index (χ0n) is 7.91. The number of ether oxygens (including phenoxy) is 1. The fourth-order valence-electron chi connectivity index (χ4n) is 1.23. The van der Waals surface area contributed by atoms with E-state index in [9.17, 15) is 4.79 Å². The molecule has 1 N–H and O–H groups in total. The van der Waals surface area contributed by atoms with Gasteiger partial charge in [-0.05, 0) is 19.9 Å². The van der Waals surface area contributed by atoms with Crippen LogP contribution < -0.4 is 5.32 Å². The van der Waals surface area contributed by atoms with Crippen molar-refractivity contribution < 1.29 is 9.53 Å². The Morgan fingerprint density at radius 2 is 2.08 bits per heavy atom. The standard InChI is InChI=1S/C8H16N2O2.ClH/c1-9-4-7-12-8(11)10-5-2-3-6-10;/h9H,2-7H2,1H3;1H. The molecule has 1 fully saturated rings. The van der Waals surface area contributed by atoms with Gasteiger partial charge in [0.15, 0.2) is 0 Å². The lowest BCUT2D eigenvalue weighted by Crippen LogP contribution is -2.30. The first-order valence-corrected chi connectivity index (χ1v) is 4.41. The number of halogens is 1. The molecule has 4 nitrogen and oxygen atoms in total. The first-order valence-electron chi connectivity index (χ1n) is 4.41. The SMILES string of the molecule is CNCCOC(=O)N1CCCC1.Cl. The molecule has 0 saturated carbocycles. The molecule has 0 aromatic rings. The van der Waals surface area contributed by atoms with Crippen LogP contribution in [0.4, 0.5) is 4.79 Å². The Morgan fingerprint density at radius 3 is 2.62 bits per heavy atom. The molecule has 0 aromatic carbocycles. The summed E-state index contributed by atoms with van der Waals surface area (Å²) in [6.07, 6.45) is 2.06. The normalized spacial score (nSPS) is 15.3. The summed E-state index contributed by atoms with van der Waals surface area (Å²) in [5.74, 6) is 0. The van der Waals surface area contributed by atoms with E-state index >= 15 is 0 Å². The predicted octanol–water partition coefficient (Wildman–Crippen LogP) is 0.860. The van der Waals surface area contributed by atoms with Gasteiger partial charge in [-0.1, -0.05) is 0 Å². The summed E-state index contributed by atoms with van der Waals surface area (Å²) in [5, 5.41) is 2.92. The molecule has 0 radical (unpaired) electrons. The predicted molar refractivity (Wildman–Crippen MR) is 53.3 cm³/mol. The van der Waals surface area contributed by atoms with Crippen LogP contribution in [0.2, 0.25) is 0 Å². The summed E-state index contributed by atoms with van der Waals surface area (Å²) < 4.78 is 4.99. The maximum atomic E-state index is 11.2. The average Bonchev–Trinajstić information content (AvgIpc) is 2.56. The second kappa shape index (κ2) is 6.97. The maximum absolute atomic E-state index is 11.2. The van der Waals surface area contributed by atoms with E-state index in [1.165, 1.54) is 0 Å². The molecule has 0 aromatic heterocycles. The van der Waals surface area contributed by atoms with Gasteiger partial charge in [0.25, 0.3) is 0 Å². The minimum Gasteiger partial charge on any atom is -0.448 e. The van der Waals surface area contributed by atoms with Gasteiger partial charge in [-0.2, -0.15) is 0 Å². The molecule has 1 saturated heterocycles. The molecule has 1 aliphatic heterocycles. The number of hydrogen-bond donors (Lipinski definition) is 1. The van der Waals surface area contributed by atoms with Crippen molar-refractivity contribution in [2.24, 2.45) is 0 Å². The number of carbonyl (C=O) groups is 1. The number of likely N-dealkylation sites (tertiary alicyclic amines) is 1. The third kappa shape index (κ3) is 4.33. The van der Waals surface area contributed by atoms with Gasteiger partial charge in [0.05, 0.1) is 0 Å². The molecule has 13 heavy (non-hydrogen) atoms. The number of rotatable bonds is 3. The smallest absolute Gasteiger partial charge is 0.409 e. The van der Waals surface area contributed by atoms with Crippen LogP contribution in [0.15, 0.2) is 0 Å². The van der Waals surface area contributed by atoms with Gasteiger partial charge in [-0.15, -0.1) is 12.4 Å². The topological polar surface area (TPSA) is 41.6 Å².